The molecular weight excluding hydrogens is 434 g/mol. The van der Waals surface area contributed by atoms with Crippen molar-refractivity contribution in [2.45, 2.75) is 12.4 Å². The molecule has 0 bridgehead atoms. The molecule has 0 fully saturated rings. The maximum absolute atomic E-state index is 12.4. The first-order valence-corrected chi connectivity index (χ1v) is 10.9. The topological polar surface area (TPSA) is 77.0 Å². The quantitative estimate of drug-likeness (QED) is 0.598. The fourth-order valence-corrected chi connectivity index (χ4v) is 4.53. The van der Waals surface area contributed by atoms with Gasteiger partial charge in [-0.3, -0.25) is 9.79 Å². The Labute approximate surface area is 180 Å². The van der Waals surface area contributed by atoms with Gasteiger partial charge in [0.05, 0.1) is 12.1 Å². The molecule has 1 heterocycles. The summed E-state index contributed by atoms with van der Waals surface area (Å²) in [5.41, 5.74) is 1.57. The molecule has 0 atom stereocenters. The number of nitrogens with zero attached hydrogens (tertiary/aromatic N) is 1. The van der Waals surface area contributed by atoms with Crippen molar-refractivity contribution in [2.75, 3.05) is 24.2 Å². The highest BCUT2D eigenvalue weighted by atomic mass is 32.2. The van der Waals surface area contributed by atoms with Gasteiger partial charge in [0.1, 0.15) is 10.1 Å². The van der Waals surface area contributed by atoms with E-state index in [2.05, 4.69) is 15.0 Å². The van der Waals surface area contributed by atoms with E-state index in [0.29, 0.717) is 17.0 Å². The molecule has 0 saturated heterocycles. The summed E-state index contributed by atoms with van der Waals surface area (Å²) >= 11 is 3.26. The van der Waals surface area contributed by atoms with Crippen molar-refractivity contribution in [2.24, 2.45) is 4.99 Å². The van der Waals surface area contributed by atoms with Crippen LogP contribution in [0.15, 0.2) is 53.5 Å². The summed E-state index contributed by atoms with van der Waals surface area (Å²) in [4.78, 5) is 28.8. The minimum atomic E-state index is -2.92. The van der Waals surface area contributed by atoms with Crippen molar-refractivity contribution in [1.82, 2.24) is 0 Å². The number of rotatable bonds is 8. The van der Waals surface area contributed by atoms with Crippen LogP contribution < -0.4 is 10.1 Å². The van der Waals surface area contributed by atoms with Gasteiger partial charge in [0, 0.05) is 17.2 Å². The zero-order valence-electron chi connectivity index (χ0n) is 15.7. The first kappa shape index (κ1) is 22.1. The van der Waals surface area contributed by atoms with Gasteiger partial charge in [-0.15, -0.1) is 0 Å². The standard InChI is InChI=1S/C20H18F2N2O4S2/c21-19(22)28-15-7-5-14(6-8-15)24-17(25)11-27-18(26)16-4-2-1-3-13(16)12-30-20-23-9-10-29-20/h1-8,19H,9-12H2,(H,24,25). The van der Waals surface area contributed by atoms with Crippen molar-refractivity contribution in [3.63, 3.8) is 0 Å². The Morgan fingerprint density at radius 3 is 2.63 bits per heavy atom. The SMILES string of the molecule is O=C(COC(=O)c1ccccc1CSC1=NCCS1)Nc1ccc(OC(F)F)cc1. The van der Waals surface area contributed by atoms with E-state index in [-0.39, 0.29) is 5.75 Å². The van der Waals surface area contributed by atoms with Gasteiger partial charge in [-0.25, -0.2) is 4.79 Å². The number of aliphatic imine (C=N–C) groups is 1. The second-order valence-electron chi connectivity index (χ2n) is 5.97. The number of amides is 1. The van der Waals surface area contributed by atoms with Crippen LogP contribution in [-0.4, -0.2) is 41.8 Å². The number of carbonyl (C=O) groups excluding carboxylic acids is 2. The maximum Gasteiger partial charge on any atom is 0.387 e. The zero-order valence-corrected chi connectivity index (χ0v) is 17.3. The molecule has 1 amide bonds. The van der Waals surface area contributed by atoms with Crippen LogP contribution in [0, 0.1) is 0 Å². The van der Waals surface area contributed by atoms with Crippen molar-refractivity contribution in [3.05, 3.63) is 59.7 Å². The smallest absolute Gasteiger partial charge is 0.387 e. The van der Waals surface area contributed by atoms with Crippen LogP contribution in [0.2, 0.25) is 0 Å². The second kappa shape index (κ2) is 11.0. The van der Waals surface area contributed by atoms with Crippen LogP contribution in [0.4, 0.5) is 14.5 Å². The molecule has 0 radical (unpaired) electrons. The van der Waals surface area contributed by atoms with E-state index in [9.17, 15) is 18.4 Å². The normalized spacial score (nSPS) is 13.1. The van der Waals surface area contributed by atoms with E-state index in [1.165, 1.54) is 24.3 Å². The maximum atomic E-state index is 12.4. The predicted octanol–water partition coefficient (Wildman–Crippen LogP) is 4.42. The molecule has 0 spiro atoms. The molecule has 1 aliphatic heterocycles. The van der Waals surface area contributed by atoms with E-state index in [0.717, 1.165) is 22.2 Å². The fourth-order valence-electron chi connectivity index (χ4n) is 2.51. The Kier molecular flexibility index (Phi) is 8.09. The van der Waals surface area contributed by atoms with Crippen molar-refractivity contribution in [3.8, 4) is 5.75 Å². The number of nitrogens with one attached hydrogen (secondary N) is 1. The first-order chi connectivity index (χ1) is 14.5. The molecule has 10 heteroatoms. The van der Waals surface area contributed by atoms with E-state index < -0.39 is 25.1 Å². The van der Waals surface area contributed by atoms with Crippen LogP contribution in [-0.2, 0) is 15.3 Å². The molecule has 0 aliphatic carbocycles. The predicted molar refractivity (Wildman–Crippen MR) is 114 cm³/mol. The van der Waals surface area contributed by atoms with Crippen LogP contribution in [0.5, 0.6) is 5.75 Å². The first-order valence-electron chi connectivity index (χ1n) is 8.91. The average molecular weight is 453 g/mol. The Hall–Kier alpha value is -2.59. The third-order valence-corrected chi connectivity index (χ3v) is 6.14. The van der Waals surface area contributed by atoms with Gasteiger partial charge in [0.2, 0.25) is 0 Å². The van der Waals surface area contributed by atoms with Gasteiger partial charge in [0.15, 0.2) is 6.61 Å². The fraction of sp³-hybridized carbons (Fsp3) is 0.250. The number of carbonyl (C=O) groups is 2. The van der Waals surface area contributed by atoms with Crippen LogP contribution >= 0.6 is 23.5 Å². The molecule has 3 rings (SSSR count). The molecule has 2 aromatic carbocycles. The largest absolute Gasteiger partial charge is 0.452 e. The van der Waals surface area contributed by atoms with Crippen LogP contribution in [0.3, 0.4) is 0 Å². The molecule has 1 N–H and O–H groups in total. The number of halogens is 2. The molecular formula is C20H18F2N2O4S2. The molecule has 2 aromatic rings. The lowest BCUT2D eigenvalue weighted by Gasteiger charge is -2.10. The van der Waals surface area contributed by atoms with Gasteiger partial charge < -0.3 is 14.8 Å². The van der Waals surface area contributed by atoms with E-state index >= 15 is 0 Å². The summed E-state index contributed by atoms with van der Waals surface area (Å²) in [7, 11) is 0. The Balaban J connectivity index is 1.50. The average Bonchev–Trinajstić information content (AvgIpc) is 3.25. The number of ether oxygens (including phenoxy) is 2. The third kappa shape index (κ3) is 6.74. The molecule has 30 heavy (non-hydrogen) atoms. The highest BCUT2D eigenvalue weighted by Crippen LogP contribution is 2.26. The molecule has 0 aromatic heterocycles. The Morgan fingerprint density at radius 2 is 1.93 bits per heavy atom. The van der Waals surface area contributed by atoms with Gasteiger partial charge in [0.25, 0.3) is 5.91 Å². The number of thioether (sulfide) groups is 2. The summed E-state index contributed by atoms with van der Waals surface area (Å²) < 4.78 is 34.7. The number of hydrogen-bond donors (Lipinski definition) is 1. The number of alkyl halides is 2. The lowest BCUT2D eigenvalue weighted by Crippen LogP contribution is -2.21. The molecule has 158 valence electrons. The highest BCUT2D eigenvalue weighted by molar-refractivity contribution is 8.38. The Bertz CT molecular complexity index is 923. The van der Waals surface area contributed by atoms with Gasteiger partial charge in [-0.1, -0.05) is 41.7 Å². The minimum absolute atomic E-state index is 0.0223. The summed E-state index contributed by atoms with van der Waals surface area (Å²) in [6.07, 6.45) is 0. The van der Waals surface area contributed by atoms with Crippen molar-refractivity contribution >= 4 is 45.5 Å². The highest BCUT2D eigenvalue weighted by Gasteiger charge is 2.16. The van der Waals surface area contributed by atoms with E-state index in [4.69, 9.17) is 4.74 Å². The molecule has 0 unspecified atom stereocenters. The summed E-state index contributed by atoms with van der Waals surface area (Å²) in [6.45, 7) is -2.58. The third-order valence-electron chi connectivity index (χ3n) is 3.84. The zero-order chi connectivity index (χ0) is 21.3. The lowest BCUT2D eigenvalue weighted by molar-refractivity contribution is -0.119. The van der Waals surface area contributed by atoms with Gasteiger partial charge >= 0.3 is 12.6 Å². The monoisotopic (exact) mass is 452 g/mol. The van der Waals surface area contributed by atoms with Gasteiger partial charge in [-0.2, -0.15) is 8.78 Å². The Morgan fingerprint density at radius 1 is 1.17 bits per heavy atom. The number of esters is 1. The number of hydrogen-bond acceptors (Lipinski definition) is 7. The summed E-state index contributed by atoms with van der Waals surface area (Å²) in [5.74, 6) is 0.391. The summed E-state index contributed by atoms with van der Waals surface area (Å²) in [6, 6.07) is 12.5. The van der Waals surface area contributed by atoms with Crippen molar-refractivity contribution in [1.29, 1.82) is 0 Å². The van der Waals surface area contributed by atoms with Crippen LogP contribution in [0.25, 0.3) is 0 Å². The minimum Gasteiger partial charge on any atom is -0.452 e. The van der Waals surface area contributed by atoms with Gasteiger partial charge in [-0.05, 0) is 35.9 Å². The second-order valence-corrected chi connectivity index (χ2v) is 8.28. The van der Waals surface area contributed by atoms with E-state index in [1.807, 2.05) is 12.1 Å². The van der Waals surface area contributed by atoms with E-state index in [1.54, 1.807) is 35.7 Å². The number of anilines is 1. The molecule has 0 saturated carbocycles. The molecule has 1 aliphatic rings. The summed E-state index contributed by atoms with van der Waals surface area (Å²) in [5, 5.41) is 2.52. The van der Waals surface area contributed by atoms with Crippen LogP contribution in [0.1, 0.15) is 15.9 Å². The molecule has 6 nitrogen and oxygen atoms in total. The number of benzene rings is 2. The lowest BCUT2D eigenvalue weighted by atomic mass is 10.1. The van der Waals surface area contributed by atoms with Crippen molar-refractivity contribution < 1.29 is 27.8 Å².